The average Bonchev–Trinajstić information content (AvgIpc) is 3.50. The van der Waals surface area contributed by atoms with E-state index in [2.05, 4.69) is 29.9 Å². The third kappa shape index (κ3) is 8.93. The predicted octanol–water partition coefficient (Wildman–Crippen LogP) is 3.10. The van der Waals surface area contributed by atoms with Gasteiger partial charge in [-0.05, 0) is 47.0 Å². The first-order chi connectivity index (χ1) is 29.9. The standard InChI is InChI=1S/C34H45N9O17P2S/c1-15(2)56-32(47)51-13-55-61(49)54-9-34-6-19(34)23(42-11-38-21-27(35)36-10-37-28(21)42)24(45)26(34)60-62(50,63-14-52-33(48)57-16(3)4)53-8-20-18(7-44)25(59-61)31(58-20)43-12-39-22-29(43)40-17(5)41-30(22)46/h10-12,15-16,18-20,23-26,31,44-45H,6-9,13-14H2,1-5H3,(H2,35,36,37)(H,40,41,46)/t18-,19-,20-,23-,24+,25-,26+,31-,34-,61+,62+/m1/s1. The zero-order valence-corrected chi connectivity index (χ0v) is 36.9. The van der Waals surface area contributed by atoms with Crippen LogP contribution in [0.25, 0.3) is 22.3 Å². The minimum Gasteiger partial charge on any atom is -0.432 e. The second-order valence-electron chi connectivity index (χ2n) is 15.7. The molecule has 4 aromatic rings. The first kappa shape index (κ1) is 45.3. The number of hydrogen-bond donors (Lipinski definition) is 4. The van der Waals surface area contributed by atoms with Gasteiger partial charge in [-0.15, -0.1) is 0 Å². The Balaban J connectivity index is 1.19. The maximum atomic E-state index is 15.0. The molecule has 11 atom stereocenters. The number of hydrogen-bond acceptors (Lipinski definition) is 24. The molecule has 63 heavy (non-hydrogen) atoms. The summed E-state index contributed by atoms with van der Waals surface area (Å²) in [6.45, 7) is 0.434. The molecule has 8 rings (SSSR count). The molecule has 2 bridgehead atoms. The van der Waals surface area contributed by atoms with E-state index < -0.39 is 131 Å². The van der Waals surface area contributed by atoms with Crippen molar-refractivity contribution < 1.29 is 75.2 Å². The number of aliphatic hydroxyl groups excluding tert-OH is 2. The highest BCUT2D eigenvalue weighted by molar-refractivity contribution is 8.55. The zero-order chi connectivity index (χ0) is 45.0. The van der Waals surface area contributed by atoms with Crippen molar-refractivity contribution in [1.82, 2.24) is 39.0 Å². The number of anilines is 1. The summed E-state index contributed by atoms with van der Waals surface area (Å²) >= 11 is 0.466. The minimum absolute atomic E-state index is 0.0215. The first-order valence-corrected chi connectivity index (χ1v) is 24.2. The third-order valence-electron chi connectivity index (χ3n) is 10.9. The second-order valence-corrected chi connectivity index (χ2v) is 21.3. The van der Waals surface area contributed by atoms with Crippen LogP contribution in [-0.2, 0) is 55.4 Å². The van der Waals surface area contributed by atoms with Crippen molar-refractivity contribution in [1.29, 1.82) is 0 Å². The SMILES string of the molecule is Cc1nc2c(ncn2[C@@H]2O[C@@H]3CO[P@](=O)(SCOC(=O)OC(C)C)O[C@H]4[C@@H](O)[C@H](n5cnc6c(N)ncnc65)[C@H]5C[C@@]54CO[P@@](=O)(OCOC(=O)OC(C)C)O[C@@H]2[C@@H]3CO)c(=O)[nH]1. The van der Waals surface area contributed by atoms with Crippen molar-refractivity contribution in [2.75, 3.05) is 38.3 Å². The van der Waals surface area contributed by atoms with Crippen molar-refractivity contribution >= 4 is 66.5 Å². The molecule has 4 fully saturated rings. The molecule has 0 aromatic carbocycles. The van der Waals surface area contributed by atoms with Gasteiger partial charge in [0.05, 0.1) is 56.8 Å². The molecule has 0 unspecified atom stereocenters. The van der Waals surface area contributed by atoms with E-state index in [4.69, 9.17) is 52.0 Å². The lowest BCUT2D eigenvalue weighted by molar-refractivity contribution is -0.0688. The number of nitrogens with one attached hydrogen (secondary N) is 1. The lowest BCUT2D eigenvalue weighted by Crippen LogP contribution is -2.38. The molecule has 6 heterocycles. The van der Waals surface area contributed by atoms with Crippen LogP contribution in [0.15, 0.2) is 23.8 Å². The number of phosphoric acid groups is 1. The molecule has 4 aromatic heterocycles. The monoisotopic (exact) mass is 945 g/mol. The van der Waals surface area contributed by atoms with Gasteiger partial charge in [-0.1, -0.05) is 0 Å². The van der Waals surface area contributed by atoms with Gasteiger partial charge in [0.1, 0.15) is 36.0 Å². The number of rotatable bonds is 11. The number of aromatic amines is 1. The largest absolute Gasteiger partial charge is 0.510 e. The number of nitrogens with zero attached hydrogens (tertiary/aromatic N) is 7. The van der Waals surface area contributed by atoms with Gasteiger partial charge in [0.2, 0.25) is 6.79 Å². The van der Waals surface area contributed by atoms with E-state index in [0.717, 1.165) is 0 Å². The zero-order valence-electron chi connectivity index (χ0n) is 34.3. The molecule has 344 valence electrons. The van der Waals surface area contributed by atoms with E-state index in [1.54, 1.807) is 32.3 Å². The Labute approximate surface area is 360 Å². The summed E-state index contributed by atoms with van der Waals surface area (Å²) < 4.78 is 89.9. The molecule has 26 nitrogen and oxygen atoms in total. The highest BCUT2D eigenvalue weighted by Crippen LogP contribution is 2.74. The van der Waals surface area contributed by atoms with Crippen molar-refractivity contribution in [3.8, 4) is 0 Å². The van der Waals surface area contributed by atoms with E-state index >= 15 is 9.13 Å². The fourth-order valence-electron chi connectivity index (χ4n) is 8.08. The molecule has 4 aliphatic rings. The molecule has 0 radical (unpaired) electrons. The van der Waals surface area contributed by atoms with E-state index in [1.807, 2.05) is 0 Å². The van der Waals surface area contributed by atoms with Crippen LogP contribution in [0.4, 0.5) is 15.4 Å². The van der Waals surface area contributed by atoms with E-state index in [0.29, 0.717) is 11.4 Å². The number of phosphoric ester groups is 1. The van der Waals surface area contributed by atoms with Gasteiger partial charge in [0, 0.05) is 22.7 Å². The van der Waals surface area contributed by atoms with Crippen LogP contribution < -0.4 is 11.3 Å². The Kier molecular flexibility index (Phi) is 12.7. The fourth-order valence-corrected chi connectivity index (χ4v) is 12.2. The Bertz CT molecular complexity index is 2520. The van der Waals surface area contributed by atoms with Crippen molar-refractivity contribution in [2.45, 2.75) is 89.9 Å². The first-order valence-electron chi connectivity index (χ1n) is 19.6. The average molecular weight is 946 g/mol. The summed E-state index contributed by atoms with van der Waals surface area (Å²) in [4.78, 5) is 61.3. The number of aromatic nitrogens is 8. The van der Waals surface area contributed by atoms with Crippen LogP contribution in [0.1, 0.15) is 52.2 Å². The fraction of sp³-hybridized carbons (Fsp3) is 0.647. The summed E-state index contributed by atoms with van der Waals surface area (Å²) in [5.74, 6) is -2.05. The number of carbonyl (C=O) groups excluding carboxylic acids is 2. The summed E-state index contributed by atoms with van der Waals surface area (Å²) in [6.07, 6.45) is -6.32. The van der Waals surface area contributed by atoms with Crippen LogP contribution in [-0.4, -0.2) is 131 Å². The number of imidazole rings is 2. The summed E-state index contributed by atoms with van der Waals surface area (Å²) in [5.41, 5.74) is 4.64. The maximum Gasteiger partial charge on any atom is 0.510 e. The van der Waals surface area contributed by atoms with E-state index in [-0.39, 0.29) is 40.4 Å². The van der Waals surface area contributed by atoms with Crippen LogP contribution in [0.2, 0.25) is 0 Å². The van der Waals surface area contributed by atoms with Crippen LogP contribution in [0.5, 0.6) is 0 Å². The van der Waals surface area contributed by atoms with Gasteiger partial charge >= 0.3 is 26.9 Å². The number of nitrogen functional groups attached to an aromatic ring is 1. The van der Waals surface area contributed by atoms with Gasteiger partial charge < -0.3 is 49.2 Å². The Morgan fingerprint density at radius 1 is 1.02 bits per heavy atom. The smallest absolute Gasteiger partial charge is 0.432 e. The summed E-state index contributed by atoms with van der Waals surface area (Å²) in [5, 5.41) is 23.0. The van der Waals surface area contributed by atoms with Gasteiger partial charge in [-0.3, -0.25) is 27.5 Å². The molecular formula is C34H45N9O17P2S. The van der Waals surface area contributed by atoms with Gasteiger partial charge in [-0.2, -0.15) is 0 Å². The third-order valence-corrected chi connectivity index (χ3v) is 15.6. The summed E-state index contributed by atoms with van der Waals surface area (Å²) in [7, 11) is -4.99. The van der Waals surface area contributed by atoms with E-state index in [9.17, 15) is 24.6 Å². The van der Waals surface area contributed by atoms with Crippen LogP contribution in [0, 0.1) is 24.2 Å². The number of aryl methyl sites for hydroxylation is 1. The second kappa shape index (κ2) is 17.6. The summed E-state index contributed by atoms with van der Waals surface area (Å²) in [6, 6.07) is -0.881. The predicted molar refractivity (Wildman–Crippen MR) is 213 cm³/mol. The van der Waals surface area contributed by atoms with Crippen LogP contribution in [0.3, 0.4) is 0 Å². The van der Waals surface area contributed by atoms with Crippen molar-refractivity contribution in [3.63, 3.8) is 0 Å². The van der Waals surface area contributed by atoms with Gasteiger partial charge in [0.25, 0.3) is 5.56 Å². The minimum atomic E-state index is -4.99. The molecule has 2 saturated heterocycles. The van der Waals surface area contributed by atoms with Crippen LogP contribution >= 0.6 is 26.0 Å². The van der Waals surface area contributed by atoms with E-state index in [1.165, 1.54) is 30.5 Å². The molecule has 2 aliphatic carbocycles. The normalized spacial score (nSPS) is 33.0. The number of ether oxygens (including phenoxy) is 5. The molecule has 2 saturated carbocycles. The molecule has 0 amide bonds. The Morgan fingerprint density at radius 2 is 1.73 bits per heavy atom. The lowest BCUT2D eigenvalue weighted by atomic mass is 9.99. The number of carbonyl (C=O) groups is 2. The molecular weight excluding hydrogens is 900 g/mol. The molecule has 1 spiro atoms. The number of nitrogens with two attached hydrogens (primary N) is 1. The van der Waals surface area contributed by atoms with Crippen molar-refractivity contribution in [2.24, 2.45) is 17.3 Å². The Morgan fingerprint density at radius 3 is 2.46 bits per heavy atom. The maximum absolute atomic E-state index is 15.0. The van der Waals surface area contributed by atoms with Gasteiger partial charge in [-0.25, -0.2) is 48.2 Å². The quantitative estimate of drug-likeness (QED) is 0.0953. The Hall–Kier alpha value is -4.27. The molecule has 2 aliphatic heterocycles. The van der Waals surface area contributed by atoms with Gasteiger partial charge in [0.15, 0.2) is 34.8 Å². The highest BCUT2D eigenvalue weighted by atomic mass is 32.7. The van der Waals surface area contributed by atoms with Crippen molar-refractivity contribution in [3.05, 3.63) is 35.2 Å². The number of H-pyrrole nitrogens is 1. The number of fused-ring (bicyclic) bond motifs is 4. The molecule has 5 N–H and O–H groups in total. The lowest BCUT2D eigenvalue weighted by Gasteiger charge is -2.32. The topological polar surface area (TPSA) is 334 Å². The molecule has 29 heteroatoms. The highest BCUT2D eigenvalue weighted by Gasteiger charge is 2.74. The number of aliphatic hydroxyl groups is 2.